The zero-order chi connectivity index (χ0) is 20.8. The molecule has 1 fully saturated rings. The van der Waals surface area contributed by atoms with Gasteiger partial charge in [-0.05, 0) is 37.9 Å². The van der Waals surface area contributed by atoms with E-state index in [1.165, 1.54) is 6.07 Å². The zero-order valence-corrected chi connectivity index (χ0v) is 17.0. The molecule has 1 saturated heterocycles. The van der Waals surface area contributed by atoms with Crippen molar-refractivity contribution in [3.8, 4) is 0 Å². The van der Waals surface area contributed by atoms with Crippen LogP contribution in [0.15, 0.2) is 24.3 Å². The number of nitrogens with one attached hydrogen (secondary N) is 2. The van der Waals surface area contributed by atoms with E-state index < -0.39 is 4.92 Å². The smallest absolute Gasteiger partial charge is 0.294 e. The molecule has 1 aromatic heterocycles. The Labute approximate surface area is 170 Å². The molecule has 0 bridgehead atoms. The van der Waals surface area contributed by atoms with E-state index in [-0.39, 0.29) is 5.69 Å². The third kappa shape index (κ3) is 5.32. The number of benzene rings is 1. The number of nitro groups is 1. The predicted octanol–water partition coefficient (Wildman–Crippen LogP) is 3.24. The number of nitrogens with two attached hydrogens (primary N) is 1. The molecule has 0 amide bonds. The van der Waals surface area contributed by atoms with Gasteiger partial charge in [-0.25, -0.2) is 4.98 Å². The van der Waals surface area contributed by atoms with Crippen LogP contribution < -0.4 is 21.3 Å². The fourth-order valence-corrected chi connectivity index (χ4v) is 3.54. The number of hydrogen-bond acceptors (Lipinski definition) is 8. The van der Waals surface area contributed by atoms with Crippen LogP contribution >= 0.6 is 0 Å². The average Bonchev–Trinajstić information content (AvgIpc) is 3.16. The summed E-state index contributed by atoms with van der Waals surface area (Å²) in [5.41, 5.74) is 7.21. The van der Waals surface area contributed by atoms with Gasteiger partial charge in [0.15, 0.2) is 0 Å². The lowest BCUT2D eigenvalue weighted by atomic mass is 10.2. The van der Waals surface area contributed by atoms with E-state index in [2.05, 4.69) is 39.3 Å². The molecule has 4 N–H and O–H groups in total. The summed E-state index contributed by atoms with van der Waals surface area (Å²) in [7, 11) is 0. The van der Waals surface area contributed by atoms with Crippen LogP contribution in [0.1, 0.15) is 38.8 Å². The molecule has 3 rings (SSSR count). The zero-order valence-electron chi connectivity index (χ0n) is 17.0. The van der Waals surface area contributed by atoms with Crippen LogP contribution in [0.2, 0.25) is 0 Å². The van der Waals surface area contributed by atoms with E-state index in [1.807, 2.05) is 6.07 Å². The van der Waals surface area contributed by atoms with Crippen LogP contribution in [0.4, 0.5) is 28.8 Å². The number of unbranched alkanes of at least 4 members (excludes halogenated alkanes) is 1. The second-order valence-electron chi connectivity index (χ2n) is 7.29. The Balaban J connectivity index is 1.89. The molecular formula is C20H29N7O2. The predicted molar refractivity (Wildman–Crippen MR) is 116 cm³/mol. The highest BCUT2D eigenvalue weighted by Crippen LogP contribution is 2.30. The topological polar surface area (TPSA) is 122 Å². The van der Waals surface area contributed by atoms with E-state index in [1.54, 1.807) is 12.1 Å². The number of aromatic nitrogens is 2. The van der Waals surface area contributed by atoms with Gasteiger partial charge in [-0.3, -0.25) is 10.1 Å². The Bertz CT molecular complexity index is 859. The van der Waals surface area contributed by atoms with Gasteiger partial charge in [-0.2, -0.15) is 4.98 Å². The number of nitrogen functional groups attached to an aromatic ring is 1. The standard InChI is InChI=1S/C20H29N7O2/c1-3-5-6-15-12-19(26-10-9-16(13-26)22-4-2)25-20(23-15)24-17-8-7-14(21)11-18(17)27(28)29/h7-8,11-12,16,22H,3-6,9-10,13,21H2,1-2H3,(H,23,24,25)/t16-/m0/s1. The molecule has 1 aromatic carbocycles. The first-order chi connectivity index (χ1) is 14.0. The van der Waals surface area contributed by atoms with Gasteiger partial charge in [0.05, 0.1) is 4.92 Å². The van der Waals surface area contributed by atoms with Crippen molar-refractivity contribution in [3.05, 3.63) is 40.1 Å². The molecular weight excluding hydrogens is 370 g/mol. The molecule has 1 aliphatic rings. The van der Waals surface area contributed by atoms with Crippen LogP contribution in [0.25, 0.3) is 0 Å². The van der Waals surface area contributed by atoms with Crippen molar-refractivity contribution in [2.75, 3.05) is 35.6 Å². The lowest BCUT2D eigenvalue weighted by Crippen LogP contribution is -2.32. The van der Waals surface area contributed by atoms with Crippen molar-refractivity contribution in [1.82, 2.24) is 15.3 Å². The summed E-state index contributed by atoms with van der Waals surface area (Å²) in [5.74, 6) is 1.22. The molecule has 29 heavy (non-hydrogen) atoms. The quantitative estimate of drug-likeness (QED) is 0.334. The van der Waals surface area contributed by atoms with Gasteiger partial charge in [0, 0.05) is 42.6 Å². The maximum atomic E-state index is 11.4. The Morgan fingerprint density at radius 2 is 2.14 bits per heavy atom. The monoisotopic (exact) mass is 399 g/mol. The molecule has 156 valence electrons. The van der Waals surface area contributed by atoms with E-state index in [9.17, 15) is 10.1 Å². The number of nitrogens with zero attached hydrogens (tertiary/aromatic N) is 4. The normalized spacial score (nSPS) is 16.2. The molecule has 2 aromatic rings. The summed E-state index contributed by atoms with van der Waals surface area (Å²) >= 11 is 0. The van der Waals surface area contributed by atoms with Gasteiger partial charge in [0.25, 0.3) is 5.69 Å². The third-order valence-corrected chi connectivity index (χ3v) is 5.02. The SMILES string of the molecule is CCCCc1cc(N2CC[C@H](NCC)C2)nc(Nc2ccc(N)cc2[N+](=O)[O-])n1. The van der Waals surface area contributed by atoms with Crippen molar-refractivity contribution < 1.29 is 4.92 Å². The minimum absolute atomic E-state index is 0.0949. The number of hydrogen-bond donors (Lipinski definition) is 3. The summed E-state index contributed by atoms with van der Waals surface area (Å²) < 4.78 is 0. The van der Waals surface area contributed by atoms with Crippen molar-refractivity contribution >= 4 is 28.8 Å². The van der Waals surface area contributed by atoms with E-state index >= 15 is 0 Å². The van der Waals surface area contributed by atoms with Gasteiger partial charge in [0.1, 0.15) is 11.5 Å². The second kappa shape index (κ2) is 9.51. The number of anilines is 4. The van der Waals surface area contributed by atoms with Crippen molar-refractivity contribution in [2.24, 2.45) is 0 Å². The molecule has 1 aliphatic heterocycles. The molecule has 9 nitrogen and oxygen atoms in total. The molecule has 0 saturated carbocycles. The molecule has 1 atom stereocenters. The first-order valence-electron chi connectivity index (χ1n) is 10.2. The number of aryl methyl sites for hydroxylation is 1. The third-order valence-electron chi connectivity index (χ3n) is 5.02. The number of nitro benzene ring substituents is 1. The summed E-state index contributed by atoms with van der Waals surface area (Å²) in [6.07, 6.45) is 4.00. The van der Waals surface area contributed by atoms with Gasteiger partial charge >= 0.3 is 0 Å². The fourth-order valence-electron chi connectivity index (χ4n) is 3.54. The van der Waals surface area contributed by atoms with Crippen LogP contribution in [0, 0.1) is 10.1 Å². The van der Waals surface area contributed by atoms with Crippen molar-refractivity contribution in [2.45, 2.75) is 45.6 Å². The average molecular weight is 399 g/mol. The summed E-state index contributed by atoms with van der Waals surface area (Å²) in [6.45, 7) is 7.00. The van der Waals surface area contributed by atoms with E-state index in [0.29, 0.717) is 23.4 Å². The first-order valence-corrected chi connectivity index (χ1v) is 10.2. The first kappa shape index (κ1) is 20.8. The molecule has 0 spiro atoms. The highest BCUT2D eigenvalue weighted by Gasteiger charge is 2.24. The lowest BCUT2D eigenvalue weighted by molar-refractivity contribution is -0.383. The minimum Gasteiger partial charge on any atom is -0.399 e. The van der Waals surface area contributed by atoms with Crippen LogP contribution in [0.5, 0.6) is 0 Å². The molecule has 2 heterocycles. The van der Waals surface area contributed by atoms with Gasteiger partial charge in [0.2, 0.25) is 5.95 Å². The number of rotatable bonds is 9. The Morgan fingerprint density at radius 3 is 2.86 bits per heavy atom. The highest BCUT2D eigenvalue weighted by molar-refractivity contribution is 5.70. The van der Waals surface area contributed by atoms with Crippen LogP contribution in [-0.4, -0.2) is 40.6 Å². The van der Waals surface area contributed by atoms with Gasteiger partial charge in [-0.1, -0.05) is 20.3 Å². The Hall–Kier alpha value is -2.94. The highest BCUT2D eigenvalue weighted by atomic mass is 16.6. The fraction of sp³-hybridized carbons (Fsp3) is 0.500. The van der Waals surface area contributed by atoms with Crippen LogP contribution in [-0.2, 0) is 6.42 Å². The largest absolute Gasteiger partial charge is 0.399 e. The molecule has 0 unspecified atom stereocenters. The Kier molecular flexibility index (Phi) is 6.82. The van der Waals surface area contributed by atoms with Crippen LogP contribution in [0.3, 0.4) is 0 Å². The second-order valence-corrected chi connectivity index (χ2v) is 7.29. The number of likely N-dealkylation sites (N-methyl/N-ethyl adjacent to an activating group) is 1. The van der Waals surface area contributed by atoms with Crippen molar-refractivity contribution in [1.29, 1.82) is 0 Å². The minimum atomic E-state index is -0.456. The summed E-state index contributed by atoms with van der Waals surface area (Å²) in [4.78, 5) is 22.4. The van der Waals surface area contributed by atoms with E-state index in [4.69, 9.17) is 5.73 Å². The van der Waals surface area contributed by atoms with E-state index in [0.717, 1.165) is 56.8 Å². The molecule has 9 heteroatoms. The maximum Gasteiger partial charge on any atom is 0.294 e. The van der Waals surface area contributed by atoms with Gasteiger partial charge in [-0.15, -0.1) is 0 Å². The Morgan fingerprint density at radius 1 is 1.31 bits per heavy atom. The lowest BCUT2D eigenvalue weighted by Gasteiger charge is -2.19. The molecule has 0 radical (unpaired) electrons. The van der Waals surface area contributed by atoms with Gasteiger partial charge < -0.3 is 21.3 Å². The summed E-state index contributed by atoms with van der Waals surface area (Å²) in [5, 5.41) is 17.9. The van der Waals surface area contributed by atoms with Crippen molar-refractivity contribution in [3.63, 3.8) is 0 Å². The molecule has 0 aliphatic carbocycles. The summed E-state index contributed by atoms with van der Waals surface area (Å²) in [6, 6.07) is 7.03. The maximum absolute atomic E-state index is 11.4.